The van der Waals surface area contributed by atoms with Gasteiger partial charge in [-0.25, -0.2) is 4.98 Å². The summed E-state index contributed by atoms with van der Waals surface area (Å²) in [6, 6.07) is 18.4. The second kappa shape index (κ2) is 9.56. The van der Waals surface area contributed by atoms with Crippen LogP contribution in [0, 0.1) is 0 Å². The van der Waals surface area contributed by atoms with E-state index in [1.807, 2.05) is 30.3 Å². The molecule has 0 aliphatic heterocycles. The van der Waals surface area contributed by atoms with E-state index in [1.165, 1.54) is 5.56 Å². The Kier molecular flexibility index (Phi) is 6.64. The number of ether oxygens (including phenoxy) is 1. The average Bonchev–Trinajstić information content (AvgIpc) is 3.41. The molecule has 0 spiro atoms. The smallest absolute Gasteiger partial charge is 0.175 e. The van der Waals surface area contributed by atoms with Crippen molar-refractivity contribution in [3.8, 4) is 16.3 Å². The van der Waals surface area contributed by atoms with Crippen molar-refractivity contribution in [3.63, 3.8) is 0 Å². The van der Waals surface area contributed by atoms with Gasteiger partial charge >= 0.3 is 0 Å². The molecule has 0 aliphatic rings. The van der Waals surface area contributed by atoms with Crippen LogP contribution in [0.1, 0.15) is 11.3 Å². The second-order valence-electron chi connectivity index (χ2n) is 5.77. The number of thiazole rings is 1. The van der Waals surface area contributed by atoms with Gasteiger partial charge in [0, 0.05) is 22.4 Å². The van der Waals surface area contributed by atoms with Gasteiger partial charge in [0.2, 0.25) is 0 Å². The lowest BCUT2D eigenvalue weighted by atomic mass is 10.2. The van der Waals surface area contributed by atoms with E-state index in [9.17, 15) is 0 Å². The number of aromatic nitrogens is 3. The van der Waals surface area contributed by atoms with Gasteiger partial charge in [0.25, 0.3) is 0 Å². The zero-order valence-electron chi connectivity index (χ0n) is 15.1. The number of methoxy groups -OCH3 is 1. The zero-order valence-corrected chi connectivity index (χ0v) is 18.3. The predicted octanol–water partition coefficient (Wildman–Crippen LogP) is 6.25. The van der Waals surface area contributed by atoms with E-state index in [2.05, 4.69) is 39.8 Å². The van der Waals surface area contributed by atoms with E-state index >= 15 is 0 Å². The normalized spacial score (nSPS) is 10.9. The molecule has 0 aliphatic carbocycles. The molecule has 0 atom stereocenters. The molecule has 0 amide bonds. The molecular formula is C20H17N3OS4. The summed E-state index contributed by atoms with van der Waals surface area (Å²) in [5.74, 6) is 2.55. The van der Waals surface area contributed by atoms with Crippen LogP contribution in [0.2, 0.25) is 0 Å². The maximum absolute atomic E-state index is 5.19. The molecule has 142 valence electrons. The Morgan fingerprint density at radius 1 is 0.893 bits per heavy atom. The van der Waals surface area contributed by atoms with Crippen LogP contribution >= 0.6 is 46.2 Å². The van der Waals surface area contributed by atoms with Crippen LogP contribution < -0.4 is 4.74 Å². The van der Waals surface area contributed by atoms with Gasteiger partial charge in [0.1, 0.15) is 10.8 Å². The monoisotopic (exact) mass is 443 g/mol. The molecule has 4 aromatic rings. The van der Waals surface area contributed by atoms with Gasteiger partial charge < -0.3 is 4.74 Å². The topological polar surface area (TPSA) is 47.9 Å². The van der Waals surface area contributed by atoms with E-state index in [1.54, 1.807) is 53.3 Å². The first kappa shape index (κ1) is 19.4. The fourth-order valence-corrected chi connectivity index (χ4v) is 6.20. The van der Waals surface area contributed by atoms with Crippen molar-refractivity contribution in [2.75, 3.05) is 7.11 Å². The van der Waals surface area contributed by atoms with Crippen molar-refractivity contribution in [2.45, 2.75) is 20.2 Å². The van der Waals surface area contributed by atoms with Crippen LogP contribution in [0.3, 0.4) is 0 Å². The highest BCUT2D eigenvalue weighted by Gasteiger charge is 2.09. The third kappa shape index (κ3) is 5.14. The lowest BCUT2D eigenvalue weighted by Gasteiger charge is -2.01. The van der Waals surface area contributed by atoms with Crippen molar-refractivity contribution in [2.24, 2.45) is 0 Å². The fraction of sp³-hybridized carbons (Fsp3) is 0.150. The molecule has 0 bridgehead atoms. The van der Waals surface area contributed by atoms with E-state index in [-0.39, 0.29) is 0 Å². The van der Waals surface area contributed by atoms with Crippen molar-refractivity contribution in [1.82, 2.24) is 15.2 Å². The summed E-state index contributed by atoms with van der Waals surface area (Å²) in [7, 11) is 1.68. The van der Waals surface area contributed by atoms with E-state index in [0.29, 0.717) is 0 Å². The van der Waals surface area contributed by atoms with Gasteiger partial charge in [0.05, 0.1) is 12.8 Å². The van der Waals surface area contributed by atoms with Crippen LogP contribution in [0.25, 0.3) is 10.6 Å². The Balaban J connectivity index is 1.29. The Bertz CT molecular complexity index is 1020. The number of rotatable bonds is 8. The molecule has 0 radical (unpaired) electrons. The summed E-state index contributed by atoms with van der Waals surface area (Å²) in [5.41, 5.74) is 3.49. The molecule has 0 fully saturated rings. The molecule has 28 heavy (non-hydrogen) atoms. The largest absolute Gasteiger partial charge is 0.497 e. The Morgan fingerprint density at radius 3 is 2.32 bits per heavy atom. The third-order valence-electron chi connectivity index (χ3n) is 3.83. The number of benzene rings is 2. The fourth-order valence-electron chi connectivity index (χ4n) is 2.40. The first-order valence-corrected chi connectivity index (χ1v) is 12.2. The number of thioether (sulfide) groups is 2. The van der Waals surface area contributed by atoms with Crippen LogP contribution in [-0.2, 0) is 11.5 Å². The third-order valence-corrected chi connectivity index (χ3v) is 8.06. The lowest BCUT2D eigenvalue weighted by Crippen LogP contribution is -1.84. The molecule has 0 N–H and O–H groups in total. The van der Waals surface area contributed by atoms with Crippen LogP contribution in [-0.4, -0.2) is 22.3 Å². The summed E-state index contributed by atoms with van der Waals surface area (Å²) in [6.07, 6.45) is 0. The molecule has 2 heterocycles. The molecule has 8 heteroatoms. The number of hydrogen-bond donors (Lipinski definition) is 0. The molecule has 4 rings (SSSR count). The molecule has 4 nitrogen and oxygen atoms in total. The summed E-state index contributed by atoms with van der Waals surface area (Å²) in [4.78, 5) is 4.73. The molecule has 2 aromatic carbocycles. The van der Waals surface area contributed by atoms with Gasteiger partial charge in [-0.3, -0.25) is 0 Å². The minimum absolute atomic E-state index is 0.807. The summed E-state index contributed by atoms with van der Waals surface area (Å²) in [5, 5.41) is 11.8. The van der Waals surface area contributed by atoms with E-state index < -0.39 is 0 Å². The molecule has 0 saturated heterocycles. The highest BCUT2D eigenvalue weighted by Crippen LogP contribution is 2.33. The molecule has 2 aromatic heterocycles. The number of hydrogen-bond acceptors (Lipinski definition) is 8. The van der Waals surface area contributed by atoms with Crippen molar-refractivity contribution in [1.29, 1.82) is 0 Å². The molecule has 0 saturated carbocycles. The Morgan fingerprint density at radius 2 is 1.61 bits per heavy atom. The van der Waals surface area contributed by atoms with Gasteiger partial charge in [-0.2, -0.15) is 0 Å². The average molecular weight is 444 g/mol. The Hall–Kier alpha value is -1.87. The van der Waals surface area contributed by atoms with Gasteiger partial charge in [-0.1, -0.05) is 77.3 Å². The standard InChI is InChI=1S/C20H17N3OS4/c1-24-17-9-7-14(8-10-17)11-26-19-22-23-20(28-19)27-13-16-12-25-18(21-16)15-5-3-2-4-6-15/h2-10,12H,11,13H2,1H3. The van der Waals surface area contributed by atoms with Crippen LogP contribution in [0.5, 0.6) is 5.75 Å². The predicted molar refractivity (Wildman–Crippen MR) is 120 cm³/mol. The molecular weight excluding hydrogens is 427 g/mol. The molecule has 0 unspecified atom stereocenters. The summed E-state index contributed by atoms with van der Waals surface area (Å²) >= 11 is 6.71. The minimum Gasteiger partial charge on any atom is -0.497 e. The van der Waals surface area contributed by atoms with Gasteiger partial charge in [-0.05, 0) is 17.7 Å². The highest BCUT2D eigenvalue weighted by atomic mass is 32.2. The first-order chi connectivity index (χ1) is 13.8. The lowest BCUT2D eigenvalue weighted by molar-refractivity contribution is 0.414. The van der Waals surface area contributed by atoms with Gasteiger partial charge in [0.15, 0.2) is 8.68 Å². The summed E-state index contributed by atoms with van der Waals surface area (Å²) < 4.78 is 7.16. The van der Waals surface area contributed by atoms with Crippen molar-refractivity contribution < 1.29 is 4.74 Å². The Labute approximate surface area is 180 Å². The van der Waals surface area contributed by atoms with E-state index in [0.717, 1.165) is 42.2 Å². The summed E-state index contributed by atoms with van der Waals surface area (Å²) in [6.45, 7) is 0. The second-order valence-corrected chi connectivity index (χ2v) is 10.0. The van der Waals surface area contributed by atoms with Crippen molar-refractivity contribution >= 4 is 46.2 Å². The number of nitrogens with zero attached hydrogens (tertiary/aromatic N) is 3. The van der Waals surface area contributed by atoms with Crippen molar-refractivity contribution in [3.05, 3.63) is 71.2 Å². The quantitative estimate of drug-likeness (QED) is 0.300. The minimum atomic E-state index is 0.807. The maximum atomic E-state index is 5.19. The maximum Gasteiger partial charge on any atom is 0.175 e. The SMILES string of the molecule is COc1ccc(CSc2nnc(SCc3csc(-c4ccccc4)n3)s2)cc1. The van der Waals surface area contributed by atoms with Crippen LogP contribution in [0.4, 0.5) is 0 Å². The zero-order chi connectivity index (χ0) is 19.2. The van der Waals surface area contributed by atoms with Gasteiger partial charge in [-0.15, -0.1) is 21.5 Å². The highest BCUT2D eigenvalue weighted by molar-refractivity contribution is 8.02. The van der Waals surface area contributed by atoms with E-state index in [4.69, 9.17) is 9.72 Å². The van der Waals surface area contributed by atoms with Crippen LogP contribution in [0.15, 0.2) is 68.7 Å². The first-order valence-electron chi connectivity index (χ1n) is 8.52.